The molecule has 0 spiro atoms. The Kier molecular flexibility index (Phi) is 8.37. The summed E-state index contributed by atoms with van der Waals surface area (Å²) < 4.78 is 5.56. The van der Waals surface area contributed by atoms with Crippen molar-refractivity contribution in [2.75, 3.05) is 31.1 Å². The minimum absolute atomic E-state index is 0.0252. The van der Waals surface area contributed by atoms with Gasteiger partial charge in [-0.15, -0.1) is 0 Å². The number of nitrogens with zero attached hydrogens (tertiary/aromatic N) is 4. The highest BCUT2D eigenvalue weighted by atomic mass is 16.5. The lowest BCUT2D eigenvalue weighted by Gasteiger charge is -2.37. The number of ether oxygens (including phenoxy) is 1. The third-order valence-electron chi connectivity index (χ3n) is 8.48. The van der Waals surface area contributed by atoms with Crippen molar-refractivity contribution in [1.82, 2.24) is 4.90 Å². The van der Waals surface area contributed by atoms with Gasteiger partial charge in [-0.05, 0) is 117 Å². The molecule has 3 heterocycles. The van der Waals surface area contributed by atoms with Crippen LogP contribution in [-0.2, 0) is 24.1 Å². The van der Waals surface area contributed by atoms with Crippen LogP contribution in [0.15, 0.2) is 71.2 Å². The van der Waals surface area contributed by atoms with Crippen LogP contribution in [0, 0.1) is 11.3 Å². The van der Waals surface area contributed by atoms with Crippen LogP contribution in [0.3, 0.4) is 0 Å². The van der Waals surface area contributed by atoms with Crippen molar-refractivity contribution in [3.63, 3.8) is 0 Å². The zero-order valence-corrected chi connectivity index (χ0v) is 24.4. The van der Waals surface area contributed by atoms with Crippen LogP contribution in [0.5, 0.6) is 5.75 Å². The predicted molar refractivity (Wildman–Crippen MR) is 168 cm³/mol. The standard InChI is InChI=1S/C36H38N4O2/c1-2-42-32-16-14-26(15-17-32)9-5-6-20-40-34(38-33-13-4-3-10-30(33)25-37)24-31(36(40)41)23-27-21-28-11-7-18-39-19-8-12-29(22-27)35(28)39/h3-4,10,13-17,21-23H,2,5-9,11-12,18-20,24H2,1H3/b31-23-,38-34?. The molecule has 6 rings (SSSR count). The summed E-state index contributed by atoms with van der Waals surface area (Å²) in [5.74, 6) is 1.64. The quantitative estimate of drug-likeness (QED) is 0.209. The third kappa shape index (κ3) is 5.97. The summed E-state index contributed by atoms with van der Waals surface area (Å²) in [6.07, 6.45) is 9.89. The Balaban J connectivity index is 1.23. The van der Waals surface area contributed by atoms with Crippen molar-refractivity contribution < 1.29 is 9.53 Å². The second-order valence-electron chi connectivity index (χ2n) is 11.4. The van der Waals surface area contributed by atoms with E-state index in [2.05, 4.69) is 41.3 Å². The van der Waals surface area contributed by atoms with Gasteiger partial charge in [-0.25, -0.2) is 4.99 Å². The predicted octanol–water partition coefficient (Wildman–Crippen LogP) is 7.02. The van der Waals surface area contributed by atoms with Crippen LogP contribution in [0.4, 0.5) is 11.4 Å². The van der Waals surface area contributed by atoms with Gasteiger partial charge in [-0.3, -0.25) is 9.69 Å². The molecule has 0 bridgehead atoms. The normalized spacial score (nSPS) is 18.0. The van der Waals surface area contributed by atoms with E-state index in [-0.39, 0.29) is 5.91 Å². The topological polar surface area (TPSA) is 68.9 Å². The van der Waals surface area contributed by atoms with Gasteiger partial charge >= 0.3 is 0 Å². The molecule has 0 atom stereocenters. The van der Waals surface area contributed by atoms with Gasteiger partial charge in [-0.1, -0.05) is 24.3 Å². The molecular formula is C36H38N4O2. The number of benzene rings is 3. The highest BCUT2D eigenvalue weighted by molar-refractivity contribution is 6.17. The minimum atomic E-state index is 0.0252. The van der Waals surface area contributed by atoms with E-state index >= 15 is 0 Å². The number of aliphatic imine (C=N–C) groups is 1. The Morgan fingerprint density at radius 1 is 1.00 bits per heavy atom. The maximum Gasteiger partial charge on any atom is 0.255 e. The molecule has 6 nitrogen and oxygen atoms in total. The summed E-state index contributed by atoms with van der Waals surface area (Å²) in [5, 5.41) is 9.63. The van der Waals surface area contributed by atoms with E-state index in [0.717, 1.165) is 67.9 Å². The van der Waals surface area contributed by atoms with Crippen LogP contribution in [-0.4, -0.2) is 42.9 Å². The summed E-state index contributed by atoms with van der Waals surface area (Å²) in [7, 11) is 0. The molecule has 3 aliphatic rings. The minimum Gasteiger partial charge on any atom is -0.494 e. The molecule has 1 fully saturated rings. The van der Waals surface area contributed by atoms with Gasteiger partial charge in [0.1, 0.15) is 17.7 Å². The number of aryl methyl sites for hydroxylation is 3. The molecule has 3 aromatic carbocycles. The number of anilines is 1. The molecule has 42 heavy (non-hydrogen) atoms. The second kappa shape index (κ2) is 12.7. The fraction of sp³-hybridized carbons (Fsp3) is 0.361. The largest absolute Gasteiger partial charge is 0.494 e. The molecule has 0 N–H and O–H groups in total. The maximum absolute atomic E-state index is 13.8. The molecule has 0 unspecified atom stereocenters. The molecule has 3 aromatic rings. The first-order chi connectivity index (χ1) is 20.6. The monoisotopic (exact) mass is 558 g/mol. The van der Waals surface area contributed by atoms with Crippen molar-refractivity contribution in [3.8, 4) is 11.8 Å². The molecule has 1 amide bonds. The van der Waals surface area contributed by atoms with Crippen LogP contribution in [0.2, 0.25) is 0 Å². The first kappa shape index (κ1) is 27.8. The second-order valence-corrected chi connectivity index (χ2v) is 11.4. The summed E-state index contributed by atoms with van der Waals surface area (Å²) in [6.45, 7) is 5.55. The number of carbonyl (C=O) groups is 1. The van der Waals surface area contributed by atoms with Crippen LogP contribution >= 0.6 is 0 Å². The SMILES string of the molecule is CCOc1ccc(CCCCN2C(=O)/C(=C\c3cc4c5c(c3)CCCN5CCC4)CC2=Nc2ccccc2C#N)cc1. The van der Waals surface area contributed by atoms with Crippen molar-refractivity contribution in [1.29, 1.82) is 5.26 Å². The average Bonchev–Trinajstić information content (AvgIpc) is 3.29. The first-order valence-corrected chi connectivity index (χ1v) is 15.3. The fourth-order valence-electron chi connectivity index (χ4n) is 6.51. The smallest absolute Gasteiger partial charge is 0.255 e. The Morgan fingerprint density at radius 3 is 2.45 bits per heavy atom. The molecule has 0 radical (unpaired) electrons. The Hall–Kier alpha value is -4.37. The zero-order chi connectivity index (χ0) is 28.9. The molecule has 0 aliphatic carbocycles. The molecule has 0 aromatic heterocycles. The molecule has 214 valence electrons. The maximum atomic E-state index is 13.8. The van der Waals surface area contributed by atoms with E-state index in [4.69, 9.17) is 9.73 Å². The number of nitriles is 1. The van der Waals surface area contributed by atoms with Gasteiger partial charge < -0.3 is 9.64 Å². The van der Waals surface area contributed by atoms with E-state index in [1.54, 1.807) is 6.07 Å². The number of hydrogen-bond acceptors (Lipinski definition) is 5. The number of unbranched alkanes of at least 4 members (excludes halogenated alkanes) is 1. The van der Waals surface area contributed by atoms with Gasteiger partial charge in [0, 0.05) is 37.3 Å². The average molecular weight is 559 g/mol. The Bertz CT molecular complexity index is 1530. The summed E-state index contributed by atoms with van der Waals surface area (Å²) >= 11 is 0. The summed E-state index contributed by atoms with van der Waals surface area (Å²) in [6, 6.07) is 22.4. The number of rotatable bonds is 9. The highest BCUT2D eigenvalue weighted by Gasteiger charge is 2.32. The number of likely N-dealkylation sites (tertiary alicyclic amines) is 1. The van der Waals surface area contributed by atoms with E-state index < -0.39 is 0 Å². The van der Waals surface area contributed by atoms with Gasteiger partial charge in [0.25, 0.3) is 5.91 Å². The molecule has 1 saturated heterocycles. The van der Waals surface area contributed by atoms with Crippen LogP contribution in [0.25, 0.3) is 6.08 Å². The van der Waals surface area contributed by atoms with Crippen LogP contribution < -0.4 is 9.64 Å². The number of amidine groups is 1. The van der Waals surface area contributed by atoms with Gasteiger partial charge in [0.05, 0.1) is 17.9 Å². The highest BCUT2D eigenvalue weighted by Crippen LogP contribution is 2.37. The number of amides is 1. The van der Waals surface area contributed by atoms with Gasteiger partial charge in [0.15, 0.2) is 0 Å². The lowest BCUT2D eigenvalue weighted by atomic mass is 9.89. The summed E-state index contributed by atoms with van der Waals surface area (Å²) in [4.78, 5) is 23.1. The van der Waals surface area contributed by atoms with Crippen molar-refractivity contribution >= 4 is 29.2 Å². The molecular weight excluding hydrogens is 520 g/mol. The Labute approximate surface area is 248 Å². The molecule has 3 aliphatic heterocycles. The van der Waals surface area contributed by atoms with Crippen molar-refractivity contribution in [3.05, 3.63) is 94.1 Å². The van der Waals surface area contributed by atoms with Crippen molar-refractivity contribution in [2.24, 2.45) is 4.99 Å². The Morgan fingerprint density at radius 2 is 1.74 bits per heavy atom. The zero-order valence-electron chi connectivity index (χ0n) is 24.4. The molecule has 6 heteroatoms. The molecule has 0 saturated carbocycles. The van der Waals surface area contributed by atoms with Crippen molar-refractivity contribution in [2.45, 2.75) is 58.3 Å². The third-order valence-corrected chi connectivity index (χ3v) is 8.48. The van der Waals surface area contributed by atoms with E-state index in [1.807, 2.05) is 42.2 Å². The van der Waals surface area contributed by atoms with E-state index in [1.165, 1.54) is 35.2 Å². The number of hydrogen-bond donors (Lipinski definition) is 0. The fourth-order valence-corrected chi connectivity index (χ4v) is 6.51. The summed E-state index contributed by atoms with van der Waals surface area (Å²) in [5.41, 5.74) is 8.55. The van der Waals surface area contributed by atoms with E-state index in [0.29, 0.717) is 30.8 Å². The number of carbonyl (C=O) groups excluding carboxylic acids is 1. The lowest BCUT2D eigenvalue weighted by Crippen LogP contribution is -2.34. The van der Waals surface area contributed by atoms with Gasteiger partial charge in [-0.2, -0.15) is 5.26 Å². The lowest BCUT2D eigenvalue weighted by molar-refractivity contribution is -0.122. The van der Waals surface area contributed by atoms with Crippen LogP contribution in [0.1, 0.15) is 66.8 Å². The number of para-hydroxylation sites is 1. The van der Waals surface area contributed by atoms with Gasteiger partial charge in [0.2, 0.25) is 0 Å². The van der Waals surface area contributed by atoms with E-state index in [9.17, 15) is 10.1 Å². The first-order valence-electron chi connectivity index (χ1n) is 15.3.